The van der Waals surface area contributed by atoms with Crippen molar-refractivity contribution >= 4 is 11.4 Å². The number of rotatable bonds is 8. The summed E-state index contributed by atoms with van der Waals surface area (Å²) in [5, 5.41) is 20.9. The van der Waals surface area contributed by atoms with Gasteiger partial charge in [-0.3, -0.25) is 0 Å². The zero-order chi connectivity index (χ0) is 22.6. The SMILES string of the molecule is NC(CO)(CO)CCCc1ccc(Nc2cc(C(F)(F)F)cc(C(F)(F)F)c2)cc1. The zero-order valence-electron chi connectivity index (χ0n) is 15.8. The van der Waals surface area contributed by atoms with Gasteiger partial charge in [0.25, 0.3) is 0 Å². The molecule has 0 bridgehead atoms. The van der Waals surface area contributed by atoms with Crippen molar-refractivity contribution in [1.29, 1.82) is 0 Å². The van der Waals surface area contributed by atoms with Crippen molar-refractivity contribution in [1.82, 2.24) is 0 Å². The first-order valence-electron chi connectivity index (χ1n) is 9.02. The average Bonchev–Trinajstić information content (AvgIpc) is 2.67. The quantitative estimate of drug-likeness (QED) is 0.461. The summed E-state index contributed by atoms with van der Waals surface area (Å²) in [6.45, 7) is -0.716. The number of aliphatic hydroxyl groups excluding tert-OH is 2. The molecule has 2 aromatic carbocycles. The van der Waals surface area contributed by atoms with Crippen LogP contribution in [0.5, 0.6) is 0 Å². The smallest absolute Gasteiger partial charge is 0.394 e. The Morgan fingerprint density at radius 1 is 0.767 bits per heavy atom. The molecule has 0 fully saturated rings. The highest BCUT2D eigenvalue weighted by atomic mass is 19.4. The van der Waals surface area contributed by atoms with E-state index in [-0.39, 0.29) is 25.0 Å². The van der Waals surface area contributed by atoms with Crippen molar-refractivity contribution < 1.29 is 36.6 Å². The maximum atomic E-state index is 12.9. The molecule has 0 aliphatic carbocycles. The molecule has 0 amide bonds. The molecule has 2 rings (SSSR count). The normalized spacial score (nSPS) is 12.8. The lowest BCUT2D eigenvalue weighted by Gasteiger charge is -2.24. The van der Waals surface area contributed by atoms with E-state index in [1.807, 2.05) is 0 Å². The predicted octanol–water partition coefficient (Wildman–Crippen LogP) is 4.47. The van der Waals surface area contributed by atoms with Crippen LogP contribution in [-0.4, -0.2) is 29.0 Å². The number of alkyl halides is 6. The monoisotopic (exact) mass is 436 g/mol. The highest BCUT2D eigenvalue weighted by molar-refractivity contribution is 5.62. The van der Waals surface area contributed by atoms with Crippen LogP contribution in [0.1, 0.15) is 29.5 Å². The Kier molecular flexibility index (Phi) is 7.38. The Morgan fingerprint density at radius 3 is 1.70 bits per heavy atom. The third-order valence-corrected chi connectivity index (χ3v) is 4.60. The summed E-state index contributed by atoms with van der Waals surface area (Å²) in [5.74, 6) is 0. The molecule has 0 spiro atoms. The van der Waals surface area contributed by atoms with E-state index < -0.39 is 29.0 Å². The van der Waals surface area contributed by atoms with Crippen molar-refractivity contribution in [2.75, 3.05) is 18.5 Å². The second-order valence-corrected chi connectivity index (χ2v) is 7.15. The molecule has 10 heteroatoms. The molecule has 0 saturated heterocycles. The van der Waals surface area contributed by atoms with Crippen LogP contribution < -0.4 is 11.1 Å². The second kappa shape index (κ2) is 9.23. The summed E-state index contributed by atoms with van der Waals surface area (Å²) in [7, 11) is 0. The molecule has 5 N–H and O–H groups in total. The van der Waals surface area contributed by atoms with Gasteiger partial charge >= 0.3 is 12.4 Å². The van der Waals surface area contributed by atoms with Gasteiger partial charge in [-0.2, -0.15) is 26.3 Å². The van der Waals surface area contributed by atoms with Crippen molar-refractivity contribution in [2.45, 2.75) is 37.2 Å². The molecule has 0 atom stereocenters. The van der Waals surface area contributed by atoms with Crippen LogP contribution in [0, 0.1) is 0 Å². The number of halogens is 6. The van der Waals surface area contributed by atoms with Gasteiger partial charge in [-0.05, 0) is 55.2 Å². The fourth-order valence-electron chi connectivity index (χ4n) is 2.80. The van der Waals surface area contributed by atoms with Gasteiger partial charge in [-0.1, -0.05) is 12.1 Å². The molecule has 4 nitrogen and oxygen atoms in total. The van der Waals surface area contributed by atoms with Crippen molar-refractivity contribution in [3.63, 3.8) is 0 Å². The Balaban J connectivity index is 2.11. The fraction of sp³-hybridized carbons (Fsp3) is 0.400. The molecule has 0 heterocycles. The van der Waals surface area contributed by atoms with E-state index in [4.69, 9.17) is 15.9 Å². The average molecular weight is 436 g/mol. The van der Waals surface area contributed by atoms with E-state index in [1.165, 1.54) is 12.1 Å². The second-order valence-electron chi connectivity index (χ2n) is 7.15. The molecule has 30 heavy (non-hydrogen) atoms. The predicted molar refractivity (Wildman–Crippen MR) is 100 cm³/mol. The first kappa shape index (κ1) is 24.0. The summed E-state index contributed by atoms with van der Waals surface area (Å²) >= 11 is 0. The van der Waals surface area contributed by atoms with Gasteiger partial charge in [0.1, 0.15) is 0 Å². The molecule has 0 radical (unpaired) electrons. The number of hydrogen-bond donors (Lipinski definition) is 4. The molecule has 0 unspecified atom stereocenters. The van der Waals surface area contributed by atoms with Crippen LogP contribution in [0.2, 0.25) is 0 Å². The topological polar surface area (TPSA) is 78.5 Å². The number of nitrogens with two attached hydrogens (primary N) is 1. The van der Waals surface area contributed by atoms with Gasteiger partial charge in [-0.25, -0.2) is 0 Å². The van der Waals surface area contributed by atoms with E-state index in [0.29, 0.717) is 37.1 Å². The zero-order valence-corrected chi connectivity index (χ0v) is 15.8. The first-order chi connectivity index (χ1) is 13.9. The number of nitrogens with one attached hydrogen (secondary N) is 1. The van der Waals surface area contributed by atoms with Crippen LogP contribution in [0.3, 0.4) is 0 Å². The Hall–Kier alpha value is -2.30. The van der Waals surface area contributed by atoms with Crippen molar-refractivity contribution in [3.8, 4) is 0 Å². The minimum atomic E-state index is -4.91. The lowest BCUT2D eigenvalue weighted by atomic mass is 9.94. The number of aliphatic hydroxyl groups is 2. The minimum Gasteiger partial charge on any atom is -0.394 e. The van der Waals surface area contributed by atoms with Gasteiger partial charge in [0.05, 0.1) is 29.9 Å². The van der Waals surface area contributed by atoms with Crippen LogP contribution in [-0.2, 0) is 18.8 Å². The Bertz CT molecular complexity index is 798. The summed E-state index contributed by atoms with van der Waals surface area (Å²) in [5.41, 5.74) is 2.78. The maximum absolute atomic E-state index is 12.9. The molecular weight excluding hydrogens is 414 g/mol. The van der Waals surface area contributed by atoms with E-state index in [2.05, 4.69) is 5.32 Å². The first-order valence-corrected chi connectivity index (χ1v) is 9.02. The van der Waals surface area contributed by atoms with Gasteiger partial charge in [0.2, 0.25) is 0 Å². The van der Waals surface area contributed by atoms with E-state index in [0.717, 1.165) is 5.56 Å². The number of benzene rings is 2. The van der Waals surface area contributed by atoms with E-state index in [1.54, 1.807) is 12.1 Å². The van der Waals surface area contributed by atoms with Gasteiger partial charge in [0.15, 0.2) is 0 Å². The molecule has 0 aliphatic heterocycles. The van der Waals surface area contributed by atoms with Crippen molar-refractivity contribution in [2.24, 2.45) is 5.73 Å². The lowest BCUT2D eigenvalue weighted by Crippen LogP contribution is -2.47. The number of aryl methyl sites for hydroxylation is 1. The molecule has 2 aromatic rings. The molecule has 0 saturated carbocycles. The van der Waals surface area contributed by atoms with E-state index in [9.17, 15) is 26.3 Å². The Labute approximate surface area is 169 Å². The van der Waals surface area contributed by atoms with Gasteiger partial charge in [0, 0.05) is 11.4 Å². The van der Waals surface area contributed by atoms with Gasteiger partial charge in [-0.15, -0.1) is 0 Å². The number of anilines is 2. The number of hydrogen-bond acceptors (Lipinski definition) is 4. The van der Waals surface area contributed by atoms with Crippen LogP contribution in [0.4, 0.5) is 37.7 Å². The summed E-state index contributed by atoms with van der Waals surface area (Å²) in [6.07, 6.45) is -8.30. The third-order valence-electron chi connectivity index (χ3n) is 4.60. The maximum Gasteiger partial charge on any atom is 0.416 e. The summed E-state index contributed by atoms with van der Waals surface area (Å²) in [4.78, 5) is 0. The molecule has 0 aliphatic rings. The van der Waals surface area contributed by atoms with Gasteiger partial charge < -0.3 is 21.3 Å². The molecular formula is C20H22F6N2O2. The summed E-state index contributed by atoms with van der Waals surface area (Å²) < 4.78 is 77.7. The van der Waals surface area contributed by atoms with Crippen LogP contribution in [0.15, 0.2) is 42.5 Å². The minimum absolute atomic E-state index is 0.0739. The van der Waals surface area contributed by atoms with Crippen molar-refractivity contribution in [3.05, 3.63) is 59.2 Å². The van der Waals surface area contributed by atoms with Crippen LogP contribution >= 0.6 is 0 Å². The molecule has 0 aromatic heterocycles. The van der Waals surface area contributed by atoms with Crippen LogP contribution in [0.25, 0.3) is 0 Å². The summed E-state index contributed by atoms with van der Waals surface area (Å²) in [6, 6.07) is 7.74. The standard InChI is InChI=1S/C20H22F6N2O2/c21-19(22,23)14-8-15(20(24,25)26)10-17(9-14)28-16-5-3-13(4-6-16)2-1-7-18(27,11-29)12-30/h3-6,8-10,28-30H,1-2,7,11-12,27H2. The fourth-order valence-corrected chi connectivity index (χ4v) is 2.80. The van der Waals surface area contributed by atoms with E-state index >= 15 is 0 Å². The Morgan fingerprint density at radius 2 is 1.27 bits per heavy atom. The molecule has 166 valence electrons. The highest BCUT2D eigenvalue weighted by Gasteiger charge is 2.37. The lowest BCUT2D eigenvalue weighted by molar-refractivity contribution is -0.143. The highest BCUT2D eigenvalue weighted by Crippen LogP contribution is 2.38. The third kappa shape index (κ3) is 6.61. The largest absolute Gasteiger partial charge is 0.416 e.